The Morgan fingerprint density at radius 2 is 1.83 bits per heavy atom. The average Bonchev–Trinajstić information content (AvgIpc) is 3.69. The summed E-state index contributed by atoms with van der Waals surface area (Å²) in [6.45, 7) is 0.920. The molecule has 0 spiro atoms. The lowest BCUT2D eigenvalue weighted by molar-refractivity contribution is -0.140. The number of benzene rings is 2. The number of methoxy groups -OCH3 is 1. The van der Waals surface area contributed by atoms with Crippen molar-refractivity contribution in [1.29, 1.82) is 0 Å². The highest BCUT2D eigenvalue weighted by atomic mass is 19.4. The lowest BCUT2D eigenvalue weighted by atomic mass is 9.83. The lowest BCUT2D eigenvalue weighted by Crippen LogP contribution is -2.48. The van der Waals surface area contributed by atoms with E-state index in [0.717, 1.165) is 42.0 Å². The lowest BCUT2D eigenvalue weighted by Gasteiger charge is -2.30. The van der Waals surface area contributed by atoms with Gasteiger partial charge in [0.15, 0.2) is 0 Å². The number of allylic oxidation sites excluding steroid dienone is 1. The van der Waals surface area contributed by atoms with E-state index >= 15 is 0 Å². The summed E-state index contributed by atoms with van der Waals surface area (Å²) in [5.74, 6) is -3.63. The Hall–Kier alpha value is -4.19. The van der Waals surface area contributed by atoms with Crippen LogP contribution in [0.5, 0.6) is 5.75 Å². The molecule has 3 aliphatic carbocycles. The topological polar surface area (TPSA) is 108 Å². The van der Waals surface area contributed by atoms with Gasteiger partial charge >= 0.3 is 12.1 Å². The Kier molecular flexibility index (Phi) is 8.66. The Morgan fingerprint density at radius 1 is 1.07 bits per heavy atom. The Bertz CT molecular complexity index is 1620. The molecule has 3 saturated carbocycles. The van der Waals surface area contributed by atoms with E-state index < -0.39 is 47.3 Å². The third-order valence-corrected chi connectivity index (χ3v) is 9.49. The molecule has 4 aliphatic rings. The molecule has 2 unspecified atom stereocenters. The first-order chi connectivity index (χ1) is 21.9. The van der Waals surface area contributed by atoms with Gasteiger partial charge in [-0.3, -0.25) is 19.3 Å². The van der Waals surface area contributed by atoms with Crippen molar-refractivity contribution in [2.75, 3.05) is 32.1 Å². The van der Waals surface area contributed by atoms with Crippen molar-refractivity contribution in [1.82, 2.24) is 10.2 Å². The van der Waals surface area contributed by atoms with E-state index in [1.807, 2.05) is 17.0 Å². The Morgan fingerprint density at radius 3 is 2.52 bits per heavy atom. The molecule has 2 aromatic rings. The molecule has 46 heavy (non-hydrogen) atoms. The van der Waals surface area contributed by atoms with Crippen LogP contribution in [0.3, 0.4) is 0 Å². The Labute approximate surface area is 263 Å². The van der Waals surface area contributed by atoms with E-state index in [1.54, 1.807) is 12.1 Å². The molecular formula is C34H35F4N3O5. The summed E-state index contributed by atoms with van der Waals surface area (Å²) >= 11 is 0. The monoisotopic (exact) mass is 641 g/mol. The molecule has 3 N–H and O–H groups in total. The van der Waals surface area contributed by atoms with E-state index in [-0.39, 0.29) is 29.6 Å². The fourth-order valence-corrected chi connectivity index (χ4v) is 7.26. The van der Waals surface area contributed by atoms with Crippen molar-refractivity contribution >= 4 is 29.0 Å². The van der Waals surface area contributed by atoms with Gasteiger partial charge in [0, 0.05) is 30.7 Å². The summed E-state index contributed by atoms with van der Waals surface area (Å²) < 4.78 is 59.5. The van der Waals surface area contributed by atoms with Crippen molar-refractivity contribution in [3.63, 3.8) is 0 Å². The minimum atomic E-state index is -4.93. The highest BCUT2D eigenvalue weighted by Crippen LogP contribution is 2.54. The average molecular weight is 642 g/mol. The predicted molar refractivity (Wildman–Crippen MR) is 161 cm³/mol. The van der Waals surface area contributed by atoms with Crippen molar-refractivity contribution in [2.45, 2.75) is 44.3 Å². The van der Waals surface area contributed by atoms with Gasteiger partial charge in [0.1, 0.15) is 11.6 Å². The van der Waals surface area contributed by atoms with Crippen LogP contribution in [-0.2, 0) is 15.8 Å². The zero-order valence-corrected chi connectivity index (χ0v) is 25.2. The zero-order chi connectivity index (χ0) is 32.7. The number of carboxylic acids is 1. The summed E-state index contributed by atoms with van der Waals surface area (Å²) in [7, 11) is 1.45. The second-order valence-corrected chi connectivity index (χ2v) is 12.5. The smallest absolute Gasteiger partial charge is 0.419 e. The number of hydrogen-bond donors (Lipinski definition) is 3. The van der Waals surface area contributed by atoms with Crippen LogP contribution in [0.25, 0.3) is 5.57 Å². The fourth-order valence-electron chi connectivity index (χ4n) is 7.26. The third kappa shape index (κ3) is 6.53. The van der Waals surface area contributed by atoms with E-state index in [1.165, 1.54) is 7.11 Å². The molecule has 2 amide bonds. The number of halogens is 4. The van der Waals surface area contributed by atoms with Gasteiger partial charge in [-0.15, -0.1) is 0 Å². The minimum Gasteiger partial charge on any atom is -0.496 e. The maximum absolute atomic E-state index is 13.9. The number of anilines is 1. The van der Waals surface area contributed by atoms with E-state index in [0.29, 0.717) is 49.7 Å². The van der Waals surface area contributed by atoms with Crippen LogP contribution in [0.2, 0.25) is 0 Å². The highest BCUT2D eigenvalue weighted by Gasteiger charge is 2.55. The van der Waals surface area contributed by atoms with Gasteiger partial charge in [-0.1, -0.05) is 23.8 Å². The molecule has 3 fully saturated rings. The molecule has 0 aromatic heterocycles. The number of fused-ring (bicyclic) bond motifs is 2. The number of hydrogen-bond acceptors (Lipinski definition) is 5. The van der Waals surface area contributed by atoms with Crippen LogP contribution >= 0.6 is 0 Å². The van der Waals surface area contributed by atoms with Gasteiger partial charge < -0.3 is 20.5 Å². The van der Waals surface area contributed by atoms with Crippen LogP contribution in [0.4, 0.5) is 23.2 Å². The summed E-state index contributed by atoms with van der Waals surface area (Å²) in [5, 5.41) is 14.9. The van der Waals surface area contributed by atoms with E-state index in [9.17, 15) is 37.1 Å². The van der Waals surface area contributed by atoms with E-state index in [4.69, 9.17) is 4.74 Å². The number of ether oxygens (including phenoxy) is 1. The van der Waals surface area contributed by atoms with Crippen LogP contribution in [0.1, 0.15) is 53.6 Å². The number of carbonyl (C=O) groups is 3. The number of alkyl halides is 3. The van der Waals surface area contributed by atoms with Crippen molar-refractivity contribution in [3.05, 3.63) is 76.6 Å². The maximum atomic E-state index is 13.9. The number of nitrogens with one attached hydrogen (secondary N) is 2. The van der Waals surface area contributed by atoms with Crippen molar-refractivity contribution in [3.8, 4) is 5.75 Å². The molecule has 12 heteroatoms. The number of nitrogens with zero attached hydrogens (tertiary/aromatic N) is 1. The number of aliphatic carboxylic acids is 1. The van der Waals surface area contributed by atoms with Crippen LogP contribution in [-0.4, -0.2) is 60.6 Å². The number of carboxylic acid groups (broad SMARTS) is 1. The van der Waals surface area contributed by atoms with Gasteiger partial charge in [-0.25, -0.2) is 4.39 Å². The second-order valence-electron chi connectivity index (χ2n) is 12.5. The van der Waals surface area contributed by atoms with Crippen molar-refractivity contribution < 1.29 is 41.8 Å². The zero-order valence-electron chi connectivity index (χ0n) is 25.2. The van der Waals surface area contributed by atoms with Crippen molar-refractivity contribution in [2.24, 2.45) is 23.7 Å². The molecule has 0 saturated heterocycles. The molecule has 1 heterocycles. The highest BCUT2D eigenvalue weighted by molar-refractivity contribution is 6.00. The molecule has 244 valence electrons. The summed E-state index contributed by atoms with van der Waals surface area (Å²) in [4.78, 5) is 40.8. The van der Waals surface area contributed by atoms with Gasteiger partial charge in [0.05, 0.1) is 30.7 Å². The van der Waals surface area contributed by atoms with Gasteiger partial charge in [0.25, 0.3) is 5.91 Å². The first kappa shape index (κ1) is 31.8. The SMILES string of the molecule is COc1ccc(C2=CCCN(CC(=O)O)C2)cc1C(=O)N[C@@H]1C2CCC(C2=CC2CC2)[C@@H]1C(=O)Nc1ccc(F)c(C(F)(F)F)c1. The molecule has 1 aliphatic heterocycles. The fraction of sp³-hybridized carbons (Fsp3) is 0.441. The molecule has 2 bridgehead atoms. The second kappa shape index (κ2) is 12.5. The summed E-state index contributed by atoms with van der Waals surface area (Å²) in [6.07, 6.45) is 3.53. The molecule has 8 nitrogen and oxygen atoms in total. The molecule has 2 aromatic carbocycles. The third-order valence-electron chi connectivity index (χ3n) is 9.49. The number of amides is 2. The summed E-state index contributed by atoms with van der Waals surface area (Å²) in [5.41, 5.74) is 1.34. The van der Waals surface area contributed by atoms with E-state index in [2.05, 4.69) is 16.7 Å². The minimum absolute atomic E-state index is 0.0966. The first-order valence-corrected chi connectivity index (χ1v) is 15.4. The number of carbonyl (C=O) groups excluding carboxylic acids is 2. The van der Waals surface area contributed by atoms with Gasteiger partial charge in [0.2, 0.25) is 5.91 Å². The van der Waals surface area contributed by atoms with Crippen LogP contribution < -0.4 is 15.4 Å². The van der Waals surface area contributed by atoms with Gasteiger partial charge in [-0.2, -0.15) is 13.2 Å². The molecule has 0 radical (unpaired) electrons. The largest absolute Gasteiger partial charge is 0.496 e. The first-order valence-electron chi connectivity index (χ1n) is 15.4. The molecule has 6 rings (SSSR count). The molecule has 4 atom stereocenters. The quantitative estimate of drug-likeness (QED) is 0.238. The van der Waals surface area contributed by atoms with Gasteiger partial charge in [-0.05, 0) is 85.4 Å². The Balaban J connectivity index is 1.27. The molecular weight excluding hydrogens is 606 g/mol. The van der Waals surface area contributed by atoms with Crippen LogP contribution in [0, 0.1) is 29.5 Å². The maximum Gasteiger partial charge on any atom is 0.419 e. The van der Waals surface area contributed by atoms with Crippen LogP contribution in [0.15, 0.2) is 54.1 Å². The number of rotatable bonds is 9. The predicted octanol–water partition coefficient (Wildman–Crippen LogP) is 5.76. The summed E-state index contributed by atoms with van der Waals surface area (Å²) in [6, 6.07) is 6.93. The standard InChI is InChI=1S/C34H35F4N3O5/c1-46-28-11-6-19(20-3-2-12-41(16-20)17-29(42)43)14-25(28)32(44)40-31-23-9-8-22(24(23)13-18-4-5-18)30(31)33(45)39-21-7-10-27(35)26(15-21)34(36,37)38/h3,6-7,10-11,13-15,18,22-23,30-31H,2,4-5,8-9,12,16-17H2,1H3,(H,39,45)(H,40,44)(H,42,43)/t22?,23?,30-,31+/m0/s1. The normalized spacial score (nSPS) is 25.3.